The number of unbranched alkanes of at least 4 members (excludes halogenated alkanes) is 9. The maximum absolute atomic E-state index is 12.1. The van der Waals surface area contributed by atoms with Gasteiger partial charge in [-0.1, -0.05) is 82.4 Å². The molecule has 2 atom stereocenters. The fourth-order valence-electron chi connectivity index (χ4n) is 3.13. The van der Waals surface area contributed by atoms with Crippen LogP contribution in [0.15, 0.2) is 36.5 Å². The van der Waals surface area contributed by atoms with Gasteiger partial charge >= 0.3 is 0 Å². The Bertz CT molecular complexity index is 471. The van der Waals surface area contributed by atoms with Gasteiger partial charge in [-0.05, 0) is 51.4 Å². The molecule has 0 aliphatic rings. The third-order valence-electron chi connectivity index (χ3n) is 5.10. The van der Waals surface area contributed by atoms with E-state index in [0.717, 1.165) is 38.5 Å². The van der Waals surface area contributed by atoms with Crippen LogP contribution in [0.3, 0.4) is 0 Å². The number of carbonyl (C=O) groups is 1. The molecule has 0 aliphatic heterocycles. The lowest BCUT2D eigenvalue weighted by Gasteiger charge is -2.19. The van der Waals surface area contributed by atoms with Gasteiger partial charge in [0, 0.05) is 6.42 Å². The van der Waals surface area contributed by atoms with Crippen LogP contribution in [0, 0.1) is 0 Å². The molecule has 0 fully saturated rings. The highest BCUT2D eigenvalue weighted by molar-refractivity contribution is 5.76. The number of aliphatic hydroxyl groups is 2. The smallest absolute Gasteiger partial charge is 0.220 e. The van der Waals surface area contributed by atoms with E-state index in [2.05, 4.69) is 43.5 Å². The third-order valence-corrected chi connectivity index (χ3v) is 5.10. The maximum Gasteiger partial charge on any atom is 0.220 e. The van der Waals surface area contributed by atoms with Crippen LogP contribution in [0.1, 0.15) is 104 Å². The zero-order valence-corrected chi connectivity index (χ0v) is 19.5. The van der Waals surface area contributed by atoms with Crippen molar-refractivity contribution < 1.29 is 15.0 Å². The minimum atomic E-state index is -0.865. The molecule has 0 heterocycles. The lowest BCUT2D eigenvalue weighted by atomic mass is 10.1. The summed E-state index contributed by atoms with van der Waals surface area (Å²) in [7, 11) is 0. The van der Waals surface area contributed by atoms with Gasteiger partial charge in [-0.15, -0.1) is 0 Å². The van der Waals surface area contributed by atoms with E-state index in [9.17, 15) is 15.0 Å². The highest BCUT2D eigenvalue weighted by Crippen LogP contribution is 2.06. The van der Waals surface area contributed by atoms with Crippen molar-refractivity contribution >= 4 is 5.91 Å². The fraction of sp³-hybridized carbons (Fsp3) is 0.731. The third kappa shape index (κ3) is 18.6. The van der Waals surface area contributed by atoms with Gasteiger partial charge in [0.1, 0.15) is 0 Å². The Morgan fingerprint density at radius 3 is 1.93 bits per heavy atom. The minimum absolute atomic E-state index is 0.118. The van der Waals surface area contributed by atoms with Gasteiger partial charge < -0.3 is 15.5 Å². The fourth-order valence-corrected chi connectivity index (χ4v) is 3.13. The second-order valence-electron chi connectivity index (χ2n) is 8.03. The summed E-state index contributed by atoms with van der Waals surface area (Å²) in [6.07, 6.45) is 26.5. The van der Waals surface area contributed by atoms with Crippen LogP contribution in [0.4, 0.5) is 0 Å². The first kappa shape index (κ1) is 28.6. The molecular weight excluding hydrogens is 374 g/mol. The van der Waals surface area contributed by atoms with Crippen molar-refractivity contribution in [1.82, 2.24) is 5.32 Å². The Morgan fingerprint density at radius 1 is 0.767 bits per heavy atom. The van der Waals surface area contributed by atoms with Crippen molar-refractivity contribution in [3.05, 3.63) is 36.5 Å². The van der Waals surface area contributed by atoms with E-state index in [1.54, 1.807) is 6.08 Å². The molecule has 0 spiro atoms. The van der Waals surface area contributed by atoms with Crippen LogP contribution >= 0.6 is 0 Å². The Labute approximate surface area is 185 Å². The molecule has 3 N–H and O–H groups in total. The van der Waals surface area contributed by atoms with Crippen LogP contribution in [-0.2, 0) is 4.79 Å². The molecular formula is C26H47NO3. The van der Waals surface area contributed by atoms with Crippen LogP contribution in [0.25, 0.3) is 0 Å². The molecule has 0 saturated carbocycles. The van der Waals surface area contributed by atoms with Crippen molar-refractivity contribution in [2.75, 3.05) is 6.61 Å². The van der Waals surface area contributed by atoms with Gasteiger partial charge in [0.25, 0.3) is 0 Å². The summed E-state index contributed by atoms with van der Waals surface area (Å²) >= 11 is 0. The standard InChI is InChI=1S/C26H47NO3/c1-3-5-7-9-11-13-15-17-19-21-25(29)24(23-28)27-26(30)22-20-18-16-14-12-10-8-6-4-2/h11,13-14,16,19,21,24-25,28-29H,3-10,12,15,17-18,20,22-23H2,1-2H3,(H,27,30)/b13-11+,16-14-,21-19+. The molecule has 174 valence electrons. The molecule has 0 aromatic carbocycles. The first-order valence-electron chi connectivity index (χ1n) is 12.2. The predicted molar refractivity (Wildman–Crippen MR) is 128 cm³/mol. The SMILES string of the molecule is CCCCC/C=C/CC/C=C/C(O)C(CO)NC(=O)CCC/C=C\CCCCCC. The molecule has 0 rings (SSSR count). The quantitative estimate of drug-likeness (QED) is 0.167. The van der Waals surface area contributed by atoms with Gasteiger partial charge in [0.05, 0.1) is 18.8 Å². The zero-order valence-electron chi connectivity index (χ0n) is 19.5. The van der Waals surface area contributed by atoms with Crippen LogP contribution in [0.5, 0.6) is 0 Å². The molecule has 0 radical (unpaired) electrons. The van der Waals surface area contributed by atoms with E-state index in [-0.39, 0.29) is 12.5 Å². The molecule has 4 nitrogen and oxygen atoms in total. The Morgan fingerprint density at radius 2 is 1.30 bits per heavy atom. The summed E-state index contributed by atoms with van der Waals surface area (Å²) in [5.41, 5.74) is 0. The van der Waals surface area contributed by atoms with Crippen molar-refractivity contribution in [1.29, 1.82) is 0 Å². The number of amides is 1. The van der Waals surface area contributed by atoms with Crippen molar-refractivity contribution in [2.45, 2.75) is 116 Å². The summed E-state index contributed by atoms with van der Waals surface area (Å²) in [5.74, 6) is -0.118. The van der Waals surface area contributed by atoms with Crippen molar-refractivity contribution in [2.24, 2.45) is 0 Å². The topological polar surface area (TPSA) is 69.6 Å². The lowest BCUT2D eigenvalue weighted by Crippen LogP contribution is -2.45. The largest absolute Gasteiger partial charge is 0.394 e. The van der Waals surface area contributed by atoms with Crippen LogP contribution < -0.4 is 5.32 Å². The molecule has 1 amide bonds. The van der Waals surface area contributed by atoms with Crippen molar-refractivity contribution in [3.63, 3.8) is 0 Å². The van der Waals surface area contributed by atoms with Crippen LogP contribution in [-0.4, -0.2) is 34.9 Å². The highest BCUT2D eigenvalue weighted by atomic mass is 16.3. The van der Waals surface area contributed by atoms with Crippen molar-refractivity contribution in [3.8, 4) is 0 Å². The summed E-state index contributed by atoms with van der Waals surface area (Å²) in [6, 6.07) is -0.646. The van der Waals surface area contributed by atoms with Gasteiger partial charge in [-0.2, -0.15) is 0 Å². The van der Waals surface area contributed by atoms with Crippen LogP contribution in [0.2, 0.25) is 0 Å². The average Bonchev–Trinajstić information content (AvgIpc) is 2.75. The summed E-state index contributed by atoms with van der Waals surface area (Å²) in [4.78, 5) is 12.1. The Kier molecular flexibility index (Phi) is 21.3. The first-order valence-corrected chi connectivity index (χ1v) is 12.2. The van der Waals surface area contributed by atoms with E-state index in [4.69, 9.17) is 0 Å². The van der Waals surface area contributed by atoms with E-state index >= 15 is 0 Å². The number of rotatable bonds is 20. The number of hydrogen-bond acceptors (Lipinski definition) is 3. The molecule has 0 aromatic heterocycles. The highest BCUT2D eigenvalue weighted by Gasteiger charge is 2.17. The summed E-state index contributed by atoms with van der Waals surface area (Å²) in [5, 5.41) is 22.4. The zero-order chi connectivity index (χ0) is 22.3. The van der Waals surface area contributed by atoms with E-state index in [0.29, 0.717) is 6.42 Å². The van der Waals surface area contributed by atoms with Gasteiger partial charge in [-0.3, -0.25) is 4.79 Å². The molecule has 30 heavy (non-hydrogen) atoms. The van der Waals surface area contributed by atoms with E-state index < -0.39 is 12.1 Å². The average molecular weight is 422 g/mol. The normalized spacial score (nSPS) is 14.1. The molecule has 0 saturated heterocycles. The predicted octanol–water partition coefficient (Wildman–Crippen LogP) is 5.99. The molecule has 0 aliphatic carbocycles. The maximum atomic E-state index is 12.1. The summed E-state index contributed by atoms with van der Waals surface area (Å²) in [6.45, 7) is 4.15. The Hall–Kier alpha value is -1.39. The molecule has 0 aromatic rings. The second-order valence-corrected chi connectivity index (χ2v) is 8.03. The minimum Gasteiger partial charge on any atom is -0.394 e. The lowest BCUT2D eigenvalue weighted by molar-refractivity contribution is -0.122. The number of aliphatic hydroxyl groups excluding tert-OH is 2. The number of hydrogen-bond donors (Lipinski definition) is 3. The summed E-state index contributed by atoms with van der Waals surface area (Å²) < 4.78 is 0. The number of nitrogens with one attached hydrogen (secondary N) is 1. The number of carbonyl (C=O) groups excluding carboxylic acids is 1. The monoisotopic (exact) mass is 421 g/mol. The van der Waals surface area contributed by atoms with Gasteiger partial charge in [0.2, 0.25) is 5.91 Å². The molecule has 0 bridgehead atoms. The van der Waals surface area contributed by atoms with Gasteiger partial charge in [-0.25, -0.2) is 0 Å². The van der Waals surface area contributed by atoms with E-state index in [1.165, 1.54) is 44.9 Å². The number of allylic oxidation sites excluding steroid dienone is 5. The second kappa shape index (κ2) is 22.3. The first-order chi connectivity index (χ1) is 14.7. The molecule has 2 unspecified atom stereocenters. The van der Waals surface area contributed by atoms with E-state index in [1.807, 2.05) is 6.08 Å². The Balaban J connectivity index is 3.91. The molecule has 4 heteroatoms. The van der Waals surface area contributed by atoms with Gasteiger partial charge in [0.15, 0.2) is 0 Å².